The van der Waals surface area contributed by atoms with Crippen molar-refractivity contribution in [2.45, 2.75) is 12.8 Å². The molecule has 0 bridgehead atoms. The van der Waals surface area contributed by atoms with Crippen molar-refractivity contribution in [3.8, 4) is 11.5 Å². The van der Waals surface area contributed by atoms with Crippen LogP contribution in [-0.4, -0.2) is 70.1 Å². The molecule has 1 amide bonds. The maximum Gasteiger partial charge on any atom is 0.262 e. The lowest BCUT2D eigenvalue weighted by Gasteiger charge is -2.34. The fourth-order valence-electron chi connectivity index (χ4n) is 3.64. The number of hydrogen-bond acceptors (Lipinski definition) is 7. The summed E-state index contributed by atoms with van der Waals surface area (Å²) >= 11 is 6.26. The maximum atomic E-state index is 12.8. The lowest BCUT2D eigenvalue weighted by molar-refractivity contribution is 0.0814. The third-order valence-electron chi connectivity index (χ3n) is 5.30. The number of carbonyl (C=O) groups is 1. The Hall–Kier alpha value is -2.84. The molecule has 0 spiro atoms. The first-order valence-corrected chi connectivity index (χ1v) is 10.4. The quantitative estimate of drug-likeness (QED) is 0.558. The second-order valence-electron chi connectivity index (χ2n) is 7.28. The van der Waals surface area contributed by atoms with Gasteiger partial charge >= 0.3 is 0 Å². The molecule has 0 saturated carbocycles. The molecule has 1 fully saturated rings. The van der Waals surface area contributed by atoms with Crippen molar-refractivity contribution in [3.63, 3.8) is 0 Å². The Kier molecular flexibility index (Phi) is 6.35. The van der Waals surface area contributed by atoms with Gasteiger partial charge in [0.2, 0.25) is 5.95 Å². The molecule has 0 atom stereocenters. The Balaban J connectivity index is 1.24. The number of hydrogen-bond donors (Lipinski definition) is 1. The summed E-state index contributed by atoms with van der Waals surface area (Å²) in [6, 6.07) is 6.26. The summed E-state index contributed by atoms with van der Waals surface area (Å²) in [5.74, 6) is 0.911. The van der Waals surface area contributed by atoms with Crippen LogP contribution in [0.1, 0.15) is 23.2 Å². The summed E-state index contributed by atoms with van der Waals surface area (Å²) in [7, 11) is 0. The summed E-state index contributed by atoms with van der Waals surface area (Å²) in [5.41, 5.74) is 0.388. The fourth-order valence-corrected chi connectivity index (χ4v) is 3.85. The minimum atomic E-state index is -0.222. The molecule has 9 heteroatoms. The van der Waals surface area contributed by atoms with Gasteiger partial charge in [0.25, 0.3) is 5.91 Å². The lowest BCUT2D eigenvalue weighted by Crippen LogP contribution is -2.47. The van der Waals surface area contributed by atoms with Gasteiger partial charge in [-0.3, -0.25) is 14.6 Å². The summed E-state index contributed by atoms with van der Waals surface area (Å²) in [6.45, 7) is 5.22. The molecule has 8 nitrogen and oxygen atoms in total. The number of piperazine rings is 1. The van der Waals surface area contributed by atoms with Gasteiger partial charge in [-0.1, -0.05) is 11.6 Å². The highest BCUT2D eigenvalue weighted by Crippen LogP contribution is 2.30. The summed E-state index contributed by atoms with van der Waals surface area (Å²) < 4.78 is 5.45. The largest absolute Gasteiger partial charge is 0.508 e. The SMILES string of the molecule is O=C1c2ccc(O)cc2OC=C(Cl)N1CCCCN1CCN(c2ncccn2)CC1. The highest BCUT2D eigenvalue weighted by atomic mass is 35.5. The molecule has 4 rings (SSSR count). The molecule has 0 radical (unpaired) electrons. The summed E-state index contributed by atoms with van der Waals surface area (Å²) in [4.78, 5) is 27.6. The normalized spacial score (nSPS) is 17.2. The summed E-state index contributed by atoms with van der Waals surface area (Å²) in [6.07, 6.45) is 6.66. The molecule has 2 aliphatic heterocycles. The average Bonchev–Trinajstić information content (AvgIpc) is 2.89. The monoisotopic (exact) mass is 429 g/mol. The Morgan fingerprint density at radius 2 is 1.80 bits per heavy atom. The predicted octanol–water partition coefficient (Wildman–Crippen LogP) is 2.66. The Morgan fingerprint density at radius 3 is 2.57 bits per heavy atom. The molecular formula is C21H24ClN5O3. The first-order chi connectivity index (χ1) is 14.6. The van der Waals surface area contributed by atoms with Crippen LogP contribution in [0.4, 0.5) is 5.95 Å². The Bertz CT molecular complexity index is 916. The van der Waals surface area contributed by atoms with Crippen molar-refractivity contribution >= 4 is 23.5 Å². The van der Waals surface area contributed by atoms with Gasteiger partial charge in [0.15, 0.2) is 0 Å². The van der Waals surface area contributed by atoms with Crippen LogP contribution in [-0.2, 0) is 0 Å². The van der Waals surface area contributed by atoms with Gasteiger partial charge in [0, 0.05) is 51.2 Å². The summed E-state index contributed by atoms with van der Waals surface area (Å²) in [5, 5.41) is 9.85. The number of carbonyl (C=O) groups excluding carboxylic acids is 1. The molecule has 30 heavy (non-hydrogen) atoms. The van der Waals surface area contributed by atoms with Crippen LogP contribution in [0.25, 0.3) is 0 Å². The number of amides is 1. The minimum absolute atomic E-state index is 0.0402. The predicted molar refractivity (Wildman–Crippen MR) is 114 cm³/mol. The number of rotatable bonds is 6. The van der Waals surface area contributed by atoms with Gasteiger partial charge in [-0.2, -0.15) is 0 Å². The zero-order valence-corrected chi connectivity index (χ0v) is 17.3. The molecule has 0 unspecified atom stereocenters. The number of phenols is 1. The van der Waals surface area contributed by atoms with E-state index in [1.165, 1.54) is 23.3 Å². The van der Waals surface area contributed by atoms with Crippen molar-refractivity contribution in [3.05, 3.63) is 53.6 Å². The topological polar surface area (TPSA) is 82.0 Å². The van der Waals surface area contributed by atoms with Crippen molar-refractivity contribution in [2.24, 2.45) is 0 Å². The fraction of sp³-hybridized carbons (Fsp3) is 0.381. The van der Waals surface area contributed by atoms with Crippen LogP contribution in [0.15, 0.2) is 48.1 Å². The van der Waals surface area contributed by atoms with Crippen molar-refractivity contribution in [1.29, 1.82) is 0 Å². The molecule has 158 valence electrons. The van der Waals surface area contributed by atoms with E-state index in [4.69, 9.17) is 16.3 Å². The number of benzene rings is 1. The highest BCUT2D eigenvalue weighted by molar-refractivity contribution is 6.30. The maximum absolute atomic E-state index is 12.8. The second kappa shape index (κ2) is 9.32. The molecular weight excluding hydrogens is 406 g/mol. The number of aromatic nitrogens is 2. The number of phenolic OH excluding ortho intramolecular Hbond substituents is 1. The Labute approximate surface area is 180 Å². The minimum Gasteiger partial charge on any atom is -0.508 e. The van der Waals surface area contributed by atoms with Gasteiger partial charge in [-0.25, -0.2) is 9.97 Å². The van der Waals surface area contributed by atoms with E-state index >= 15 is 0 Å². The highest BCUT2D eigenvalue weighted by Gasteiger charge is 2.25. The average molecular weight is 430 g/mol. The zero-order chi connectivity index (χ0) is 20.9. The number of halogens is 1. The van der Waals surface area contributed by atoms with E-state index in [2.05, 4.69) is 19.8 Å². The van der Waals surface area contributed by atoms with Gasteiger partial charge in [0.1, 0.15) is 22.9 Å². The third kappa shape index (κ3) is 4.66. The van der Waals surface area contributed by atoms with Crippen LogP contribution >= 0.6 is 11.6 Å². The molecule has 1 N–H and O–H groups in total. The van der Waals surface area contributed by atoms with Gasteiger partial charge in [-0.05, 0) is 37.6 Å². The van der Waals surface area contributed by atoms with Gasteiger partial charge in [0.05, 0.1) is 5.56 Å². The van der Waals surface area contributed by atoms with Gasteiger partial charge < -0.3 is 14.7 Å². The molecule has 1 aromatic carbocycles. The molecule has 3 heterocycles. The van der Waals surface area contributed by atoms with Crippen LogP contribution < -0.4 is 9.64 Å². The molecule has 0 aliphatic carbocycles. The van der Waals surface area contributed by atoms with E-state index in [0.29, 0.717) is 17.9 Å². The number of nitrogens with zero attached hydrogens (tertiary/aromatic N) is 5. The van der Waals surface area contributed by atoms with E-state index in [-0.39, 0.29) is 16.8 Å². The Morgan fingerprint density at radius 1 is 1.07 bits per heavy atom. The first-order valence-electron chi connectivity index (χ1n) is 10.0. The van der Waals surface area contributed by atoms with Crippen LogP contribution in [0.3, 0.4) is 0 Å². The van der Waals surface area contributed by atoms with Crippen LogP contribution in [0.5, 0.6) is 11.5 Å². The van der Waals surface area contributed by atoms with Crippen molar-refractivity contribution in [2.75, 3.05) is 44.2 Å². The smallest absolute Gasteiger partial charge is 0.262 e. The van der Waals surface area contributed by atoms with E-state index in [1.807, 2.05) is 6.07 Å². The van der Waals surface area contributed by atoms with E-state index in [9.17, 15) is 9.90 Å². The van der Waals surface area contributed by atoms with Crippen LogP contribution in [0.2, 0.25) is 0 Å². The van der Waals surface area contributed by atoms with E-state index in [1.54, 1.807) is 18.5 Å². The second-order valence-corrected chi connectivity index (χ2v) is 7.67. The van der Waals surface area contributed by atoms with Crippen molar-refractivity contribution < 1.29 is 14.6 Å². The number of ether oxygens (including phenoxy) is 1. The van der Waals surface area contributed by atoms with Crippen LogP contribution in [0, 0.1) is 0 Å². The standard InChI is InChI=1S/C21H24ClN5O3/c22-19-15-30-18-14-16(28)4-5-17(18)20(29)27(19)9-2-1-8-25-10-12-26(13-11-25)21-23-6-3-7-24-21/h3-7,14-15,28H,1-2,8-13H2. The van der Waals surface area contributed by atoms with E-state index in [0.717, 1.165) is 51.5 Å². The number of aromatic hydroxyl groups is 1. The first kappa shape index (κ1) is 20.4. The number of fused-ring (bicyclic) bond motifs is 1. The molecule has 2 aromatic rings. The van der Waals surface area contributed by atoms with E-state index < -0.39 is 0 Å². The van der Waals surface area contributed by atoms with Gasteiger partial charge in [-0.15, -0.1) is 0 Å². The molecule has 1 aromatic heterocycles. The zero-order valence-electron chi connectivity index (χ0n) is 16.6. The molecule has 2 aliphatic rings. The third-order valence-corrected chi connectivity index (χ3v) is 5.59. The van der Waals surface area contributed by atoms with Crippen molar-refractivity contribution in [1.82, 2.24) is 19.8 Å². The molecule has 1 saturated heterocycles. The lowest BCUT2D eigenvalue weighted by atomic mass is 10.1. The number of anilines is 1. The number of unbranched alkanes of at least 4 members (excludes halogenated alkanes) is 1.